The van der Waals surface area contributed by atoms with E-state index in [1.807, 2.05) is 52.0 Å². The molecule has 0 aromatic heterocycles. The number of benzene rings is 2. The van der Waals surface area contributed by atoms with Crippen molar-refractivity contribution in [2.75, 3.05) is 13.2 Å². The second kappa shape index (κ2) is 15.4. The van der Waals surface area contributed by atoms with Crippen LogP contribution >= 0.6 is 0 Å². The molecular weight excluding hydrogens is 511 g/mol. The maximum Gasteiger partial charge on any atom is 0.243 e. The maximum atomic E-state index is 13.9. The van der Waals surface area contributed by atoms with Crippen molar-refractivity contribution in [1.82, 2.24) is 21.3 Å². The molecule has 0 unspecified atom stereocenters. The normalized spacial score (nSPS) is 23.6. The zero-order valence-corrected chi connectivity index (χ0v) is 24.0. The zero-order valence-electron chi connectivity index (χ0n) is 24.0. The first-order chi connectivity index (χ1) is 19.2. The van der Waals surface area contributed by atoms with E-state index in [1.54, 1.807) is 12.1 Å². The van der Waals surface area contributed by atoms with Gasteiger partial charge in [-0.1, -0.05) is 57.5 Å². The third kappa shape index (κ3) is 9.33. The number of fused-ring (bicyclic) bond motifs is 1. The van der Waals surface area contributed by atoms with Crippen LogP contribution in [0.25, 0.3) is 0 Å². The highest BCUT2D eigenvalue weighted by molar-refractivity contribution is 5.93. The van der Waals surface area contributed by atoms with Crippen LogP contribution in [-0.2, 0) is 27.2 Å². The summed E-state index contributed by atoms with van der Waals surface area (Å²) < 4.78 is 20.1. The molecule has 2 aromatic rings. The van der Waals surface area contributed by atoms with Gasteiger partial charge in [0, 0.05) is 12.6 Å². The quantitative estimate of drug-likeness (QED) is 0.454. The number of para-hydroxylation sites is 1. The van der Waals surface area contributed by atoms with Crippen LogP contribution in [0.4, 0.5) is 4.39 Å². The molecule has 0 bridgehead atoms. The second-order valence-corrected chi connectivity index (χ2v) is 10.8. The fourth-order valence-corrected chi connectivity index (χ4v) is 4.81. The van der Waals surface area contributed by atoms with Gasteiger partial charge >= 0.3 is 0 Å². The van der Waals surface area contributed by atoms with Crippen molar-refractivity contribution in [2.24, 2.45) is 5.92 Å². The number of halogens is 1. The highest BCUT2D eigenvalue weighted by Crippen LogP contribution is 2.20. The molecule has 2 aromatic carbocycles. The fraction of sp³-hybridized carbons (Fsp3) is 0.516. The smallest absolute Gasteiger partial charge is 0.243 e. The molecule has 218 valence electrons. The molecule has 3 rings (SSSR count). The molecule has 0 saturated heterocycles. The van der Waals surface area contributed by atoms with Gasteiger partial charge in [0.2, 0.25) is 17.7 Å². The van der Waals surface area contributed by atoms with Gasteiger partial charge in [-0.15, -0.1) is 0 Å². The first-order valence-corrected chi connectivity index (χ1v) is 14.3. The predicted octanol–water partition coefficient (Wildman–Crippen LogP) is 3.28. The Morgan fingerprint density at radius 1 is 0.975 bits per heavy atom. The summed E-state index contributed by atoms with van der Waals surface area (Å²) in [5, 5.41) is 12.0. The number of ether oxygens (including phenoxy) is 1. The number of rotatable bonds is 5. The first kappa shape index (κ1) is 31.1. The van der Waals surface area contributed by atoms with Crippen molar-refractivity contribution < 1.29 is 23.5 Å². The van der Waals surface area contributed by atoms with Crippen molar-refractivity contribution in [3.8, 4) is 5.75 Å². The highest BCUT2D eigenvalue weighted by Gasteiger charge is 2.31. The van der Waals surface area contributed by atoms with E-state index in [0.717, 1.165) is 11.3 Å². The molecule has 0 fully saturated rings. The molecule has 9 heteroatoms. The van der Waals surface area contributed by atoms with Crippen molar-refractivity contribution in [3.05, 3.63) is 65.5 Å². The summed E-state index contributed by atoms with van der Waals surface area (Å²) in [6, 6.07) is 11.4. The van der Waals surface area contributed by atoms with Crippen molar-refractivity contribution >= 4 is 17.7 Å². The van der Waals surface area contributed by atoms with Crippen LogP contribution in [0.2, 0.25) is 0 Å². The second-order valence-electron chi connectivity index (χ2n) is 10.8. The molecule has 40 heavy (non-hydrogen) atoms. The minimum Gasteiger partial charge on any atom is -0.492 e. The van der Waals surface area contributed by atoms with Crippen molar-refractivity contribution in [1.29, 1.82) is 0 Å². The van der Waals surface area contributed by atoms with Gasteiger partial charge in [0.25, 0.3) is 0 Å². The molecule has 0 saturated carbocycles. The third-order valence-electron chi connectivity index (χ3n) is 6.97. The monoisotopic (exact) mass is 554 g/mol. The van der Waals surface area contributed by atoms with Crippen LogP contribution in [0.15, 0.2) is 48.5 Å². The number of carbonyl (C=O) groups is 3. The molecule has 8 nitrogen and oxygen atoms in total. The van der Waals surface area contributed by atoms with Gasteiger partial charge in [0.1, 0.15) is 30.3 Å². The number of nitrogens with one attached hydrogen (secondary N) is 4. The molecule has 4 atom stereocenters. The fourth-order valence-electron chi connectivity index (χ4n) is 4.81. The van der Waals surface area contributed by atoms with E-state index < -0.39 is 24.0 Å². The van der Waals surface area contributed by atoms with Crippen LogP contribution in [0, 0.1) is 11.7 Å². The Morgan fingerprint density at radius 3 is 2.48 bits per heavy atom. The summed E-state index contributed by atoms with van der Waals surface area (Å²) in [5.41, 5.74) is 1.68. The molecular formula is C31H43FN4O4. The van der Waals surface area contributed by atoms with E-state index in [0.29, 0.717) is 44.4 Å². The topological polar surface area (TPSA) is 109 Å². The van der Waals surface area contributed by atoms with Crippen LogP contribution in [0.1, 0.15) is 58.1 Å². The van der Waals surface area contributed by atoms with Crippen LogP contribution in [-0.4, -0.2) is 55.0 Å². The molecule has 0 spiro atoms. The van der Waals surface area contributed by atoms with Gasteiger partial charge < -0.3 is 20.7 Å². The van der Waals surface area contributed by atoms with Gasteiger partial charge in [-0.25, -0.2) is 4.39 Å². The lowest BCUT2D eigenvalue weighted by molar-refractivity contribution is -0.133. The van der Waals surface area contributed by atoms with E-state index in [1.165, 1.54) is 12.1 Å². The number of hydrogen-bond donors (Lipinski definition) is 4. The SMILES string of the molecule is CCC[C@@H]1NC(=O)[C@@H](C(C)C)NC(=O)[C@@H](Cc2cccc(F)c2)N[C@H](C)COc2ccccc2CCCNC1=O. The summed E-state index contributed by atoms with van der Waals surface area (Å²) in [7, 11) is 0. The van der Waals surface area contributed by atoms with Gasteiger partial charge in [-0.3, -0.25) is 19.7 Å². The molecule has 0 radical (unpaired) electrons. The Labute approximate surface area is 236 Å². The largest absolute Gasteiger partial charge is 0.492 e. The van der Waals surface area contributed by atoms with Crippen molar-refractivity contribution in [3.63, 3.8) is 0 Å². The number of amides is 3. The van der Waals surface area contributed by atoms with E-state index in [4.69, 9.17) is 4.74 Å². The van der Waals surface area contributed by atoms with Crippen LogP contribution in [0.3, 0.4) is 0 Å². The Morgan fingerprint density at radius 2 is 1.75 bits per heavy atom. The maximum absolute atomic E-state index is 13.9. The summed E-state index contributed by atoms with van der Waals surface area (Å²) in [6.45, 7) is 8.32. The van der Waals surface area contributed by atoms with E-state index in [2.05, 4.69) is 21.3 Å². The Kier molecular flexibility index (Phi) is 11.9. The van der Waals surface area contributed by atoms with Gasteiger partial charge in [-0.05, 0) is 67.9 Å². The van der Waals surface area contributed by atoms with Crippen LogP contribution in [0.5, 0.6) is 5.75 Å². The molecule has 1 aliphatic heterocycles. The van der Waals surface area contributed by atoms with E-state index >= 15 is 0 Å². The van der Waals surface area contributed by atoms with E-state index in [9.17, 15) is 18.8 Å². The average Bonchev–Trinajstić information content (AvgIpc) is 2.91. The average molecular weight is 555 g/mol. The highest BCUT2D eigenvalue weighted by atomic mass is 19.1. The van der Waals surface area contributed by atoms with Gasteiger partial charge in [0.15, 0.2) is 0 Å². The molecule has 4 N–H and O–H groups in total. The van der Waals surface area contributed by atoms with Crippen molar-refractivity contribution in [2.45, 2.75) is 84.0 Å². The Balaban J connectivity index is 1.90. The Hall–Kier alpha value is -3.46. The third-order valence-corrected chi connectivity index (χ3v) is 6.97. The number of carbonyl (C=O) groups excluding carboxylic acids is 3. The number of hydrogen-bond acceptors (Lipinski definition) is 5. The lowest BCUT2D eigenvalue weighted by Crippen LogP contribution is -2.59. The summed E-state index contributed by atoms with van der Waals surface area (Å²) >= 11 is 0. The first-order valence-electron chi connectivity index (χ1n) is 14.3. The minimum absolute atomic E-state index is 0.220. The Bertz CT molecular complexity index is 1140. The lowest BCUT2D eigenvalue weighted by Gasteiger charge is -2.29. The molecule has 0 aliphatic carbocycles. The minimum atomic E-state index is -0.853. The van der Waals surface area contributed by atoms with E-state index in [-0.39, 0.29) is 36.0 Å². The summed E-state index contributed by atoms with van der Waals surface area (Å²) in [6.07, 6.45) is 2.83. The lowest BCUT2D eigenvalue weighted by atomic mass is 9.99. The zero-order chi connectivity index (χ0) is 29.1. The van der Waals surface area contributed by atoms with Gasteiger partial charge in [-0.2, -0.15) is 0 Å². The molecule has 1 heterocycles. The molecule has 3 amide bonds. The van der Waals surface area contributed by atoms with Gasteiger partial charge in [0.05, 0.1) is 6.04 Å². The summed E-state index contributed by atoms with van der Waals surface area (Å²) in [5.74, 6) is -0.895. The summed E-state index contributed by atoms with van der Waals surface area (Å²) in [4.78, 5) is 39.9. The standard InChI is InChI=1S/C31H43FN4O4/c1-5-10-25-29(37)33-16-9-13-23-12-6-7-15-27(23)40-19-21(4)34-26(18-22-11-8-14-24(32)17-22)30(38)36-28(20(2)3)31(39)35-25/h6-8,11-12,14-15,17,20-21,25-26,28,34H,5,9-10,13,16,18-19H2,1-4H3,(H,33,37)(H,35,39)(H,36,38)/t21-,25+,26-,28-/m1/s1. The molecule has 1 aliphatic rings. The van der Waals surface area contributed by atoms with Crippen LogP contribution < -0.4 is 26.0 Å². The number of aryl methyl sites for hydroxylation is 1. The predicted molar refractivity (Wildman–Crippen MR) is 153 cm³/mol.